The molecule has 0 aliphatic rings. The molecule has 6 nitrogen and oxygen atoms in total. The van der Waals surface area contributed by atoms with Gasteiger partial charge in [0.25, 0.3) is 5.91 Å². The van der Waals surface area contributed by atoms with E-state index in [-0.39, 0.29) is 11.8 Å². The highest BCUT2D eigenvalue weighted by molar-refractivity contribution is 8.00. The number of rotatable bonds is 9. The number of carbonyl (C=O) groups excluding carboxylic acids is 2. The molecule has 0 heterocycles. The third kappa shape index (κ3) is 6.68. The van der Waals surface area contributed by atoms with Crippen LogP contribution in [0.1, 0.15) is 26.7 Å². The van der Waals surface area contributed by atoms with Gasteiger partial charge in [0.2, 0.25) is 5.91 Å². The molecule has 4 aromatic rings. The van der Waals surface area contributed by atoms with Crippen molar-refractivity contribution >= 4 is 46.6 Å². The van der Waals surface area contributed by atoms with Gasteiger partial charge in [0.05, 0.1) is 14.2 Å². The van der Waals surface area contributed by atoms with Crippen LogP contribution in [0.15, 0.2) is 95.9 Å². The fraction of sp³-hybridized carbons (Fsp3) is 0.133. The Morgan fingerprint density at radius 1 is 0.789 bits per heavy atom. The van der Waals surface area contributed by atoms with Crippen molar-refractivity contribution in [3.05, 3.63) is 113 Å². The van der Waals surface area contributed by atoms with Crippen LogP contribution in [0, 0.1) is 6.92 Å². The summed E-state index contributed by atoms with van der Waals surface area (Å²) in [7, 11) is 3.07. The van der Waals surface area contributed by atoms with Gasteiger partial charge in [0.1, 0.15) is 5.25 Å². The summed E-state index contributed by atoms with van der Waals surface area (Å²) in [5, 5.41) is 5.97. The Kier molecular flexibility index (Phi) is 8.94. The molecule has 1 atom stereocenters. The molecular formula is C30H27ClN2O4S. The maximum atomic E-state index is 13.3. The summed E-state index contributed by atoms with van der Waals surface area (Å²) in [5.74, 6) is 0.592. The Hall–Kier alpha value is -3.94. The van der Waals surface area contributed by atoms with Crippen LogP contribution >= 0.6 is 23.4 Å². The number of anilines is 2. The van der Waals surface area contributed by atoms with E-state index >= 15 is 0 Å². The van der Waals surface area contributed by atoms with Crippen LogP contribution in [0.25, 0.3) is 0 Å². The monoisotopic (exact) mass is 546 g/mol. The second-order valence-corrected chi connectivity index (χ2v) is 10.00. The minimum absolute atomic E-state index is 0.160. The van der Waals surface area contributed by atoms with Crippen molar-refractivity contribution in [2.75, 3.05) is 24.9 Å². The first kappa shape index (κ1) is 27.1. The number of hydrogen-bond donors (Lipinski definition) is 2. The molecule has 1 unspecified atom stereocenters. The molecule has 0 saturated carbocycles. The first-order valence-corrected chi connectivity index (χ1v) is 13.1. The van der Waals surface area contributed by atoms with Gasteiger partial charge in [-0.15, -0.1) is 11.8 Å². The summed E-state index contributed by atoms with van der Waals surface area (Å²) in [6, 6.07) is 27.4. The second kappa shape index (κ2) is 12.5. The number of thioether (sulfide) groups is 1. The average Bonchev–Trinajstić information content (AvgIpc) is 2.94. The van der Waals surface area contributed by atoms with Gasteiger partial charge in [-0.2, -0.15) is 0 Å². The third-order valence-electron chi connectivity index (χ3n) is 5.79. The molecule has 4 rings (SSSR count). The highest BCUT2D eigenvalue weighted by atomic mass is 35.5. The third-order valence-corrected chi connectivity index (χ3v) is 7.47. The minimum Gasteiger partial charge on any atom is -0.493 e. The highest BCUT2D eigenvalue weighted by Gasteiger charge is 2.22. The standard InChI is InChI=1S/C30H27ClN2O4S/c1-19-9-11-23(18-25(19)31)33-30(35)28(20-7-5-4-6-8-20)38-24-14-12-22(13-15-24)32-29(34)21-10-16-26(36-2)27(17-21)37-3/h4-18,28H,1-3H3,(H,32,34)(H,33,35). The van der Waals surface area contributed by atoms with Crippen molar-refractivity contribution in [1.82, 2.24) is 0 Å². The molecule has 0 saturated heterocycles. The minimum atomic E-state index is -0.497. The lowest BCUT2D eigenvalue weighted by Gasteiger charge is -2.18. The lowest BCUT2D eigenvalue weighted by atomic mass is 10.1. The normalized spacial score (nSPS) is 11.4. The van der Waals surface area contributed by atoms with Crippen molar-refractivity contribution in [3.8, 4) is 11.5 Å². The molecule has 0 aromatic heterocycles. The van der Waals surface area contributed by atoms with Crippen LogP contribution < -0.4 is 20.1 Å². The Morgan fingerprint density at radius 3 is 2.13 bits per heavy atom. The number of halogens is 1. The summed E-state index contributed by atoms with van der Waals surface area (Å²) >= 11 is 7.67. The van der Waals surface area contributed by atoms with Gasteiger partial charge in [-0.3, -0.25) is 9.59 Å². The first-order chi connectivity index (χ1) is 18.4. The van der Waals surface area contributed by atoms with Gasteiger partial charge in [0, 0.05) is 26.9 Å². The Bertz CT molecular complexity index is 1430. The van der Waals surface area contributed by atoms with E-state index in [1.54, 1.807) is 43.5 Å². The summed E-state index contributed by atoms with van der Waals surface area (Å²) in [5.41, 5.74) is 3.53. The number of carbonyl (C=O) groups is 2. The Morgan fingerprint density at radius 2 is 1.47 bits per heavy atom. The van der Waals surface area contributed by atoms with E-state index in [4.69, 9.17) is 21.1 Å². The summed E-state index contributed by atoms with van der Waals surface area (Å²) < 4.78 is 10.5. The van der Waals surface area contributed by atoms with Crippen molar-refractivity contribution in [1.29, 1.82) is 0 Å². The quantitative estimate of drug-likeness (QED) is 0.214. The fourth-order valence-electron chi connectivity index (χ4n) is 3.71. The number of nitrogens with one attached hydrogen (secondary N) is 2. The van der Waals surface area contributed by atoms with Gasteiger partial charge in [-0.05, 0) is 72.6 Å². The topological polar surface area (TPSA) is 76.7 Å². The maximum Gasteiger partial charge on any atom is 0.255 e. The summed E-state index contributed by atoms with van der Waals surface area (Å²) in [6.45, 7) is 1.91. The fourth-order valence-corrected chi connectivity index (χ4v) is 4.92. The van der Waals surface area contributed by atoms with Crippen LogP contribution in [-0.4, -0.2) is 26.0 Å². The zero-order valence-corrected chi connectivity index (χ0v) is 22.7. The molecule has 2 N–H and O–H groups in total. The maximum absolute atomic E-state index is 13.3. The smallest absolute Gasteiger partial charge is 0.255 e. The van der Waals surface area contributed by atoms with E-state index < -0.39 is 5.25 Å². The molecule has 0 fully saturated rings. The molecule has 0 spiro atoms. The molecule has 2 amide bonds. The number of methoxy groups -OCH3 is 2. The molecule has 0 aliphatic heterocycles. The molecular weight excluding hydrogens is 520 g/mol. The van der Waals surface area contributed by atoms with Crippen molar-refractivity contribution in [2.24, 2.45) is 0 Å². The van der Waals surface area contributed by atoms with Crippen LogP contribution in [0.3, 0.4) is 0 Å². The van der Waals surface area contributed by atoms with E-state index in [2.05, 4.69) is 10.6 Å². The van der Waals surface area contributed by atoms with Gasteiger partial charge in [-0.1, -0.05) is 48.0 Å². The summed E-state index contributed by atoms with van der Waals surface area (Å²) in [6.07, 6.45) is 0. The molecule has 194 valence electrons. The van der Waals surface area contributed by atoms with Crippen LogP contribution in [0.5, 0.6) is 11.5 Å². The second-order valence-electron chi connectivity index (χ2n) is 8.41. The van der Waals surface area contributed by atoms with Gasteiger partial charge >= 0.3 is 0 Å². The number of amides is 2. The molecule has 0 aliphatic carbocycles. The van der Waals surface area contributed by atoms with Gasteiger partial charge in [0.15, 0.2) is 11.5 Å². The molecule has 38 heavy (non-hydrogen) atoms. The Labute approximate surface area is 231 Å². The van der Waals surface area contributed by atoms with Crippen LogP contribution in [-0.2, 0) is 4.79 Å². The van der Waals surface area contributed by atoms with Crippen LogP contribution in [0.2, 0.25) is 5.02 Å². The molecule has 4 aromatic carbocycles. The highest BCUT2D eigenvalue weighted by Crippen LogP contribution is 2.37. The van der Waals surface area contributed by atoms with Gasteiger partial charge < -0.3 is 20.1 Å². The van der Waals surface area contributed by atoms with E-state index in [1.165, 1.54) is 18.9 Å². The number of aryl methyl sites for hydroxylation is 1. The predicted octanol–water partition coefficient (Wildman–Crippen LogP) is 7.39. The average molecular weight is 547 g/mol. The summed E-state index contributed by atoms with van der Waals surface area (Å²) in [4.78, 5) is 27.0. The first-order valence-electron chi connectivity index (χ1n) is 11.8. The van der Waals surface area contributed by atoms with Gasteiger partial charge in [-0.25, -0.2) is 0 Å². The van der Waals surface area contributed by atoms with Crippen molar-refractivity contribution in [2.45, 2.75) is 17.1 Å². The molecule has 0 radical (unpaired) electrons. The van der Waals surface area contributed by atoms with E-state index in [1.807, 2.05) is 61.5 Å². The number of hydrogen-bond acceptors (Lipinski definition) is 5. The lowest BCUT2D eigenvalue weighted by molar-refractivity contribution is -0.115. The molecule has 8 heteroatoms. The Balaban J connectivity index is 1.48. The SMILES string of the molecule is COc1ccc(C(=O)Nc2ccc(SC(C(=O)Nc3ccc(C)c(Cl)c3)c3ccccc3)cc2)cc1OC. The van der Waals surface area contributed by atoms with E-state index in [0.717, 1.165) is 16.0 Å². The number of ether oxygens (including phenoxy) is 2. The predicted molar refractivity (Wildman–Crippen MR) is 154 cm³/mol. The lowest BCUT2D eigenvalue weighted by Crippen LogP contribution is -2.19. The van der Waals surface area contributed by atoms with Crippen molar-refractivity contribution < 1.29 is 19.1 Å². The van der Waals surface area contributed by atoms with Crippen LogP contribution in [0.4, 0.5) is 11.4 Å². The van der Waals surface area contributed by atoms with E-state index in [0.29, 0.717) is 33.5 Å². The van der Waals surface area contributed by atoms with E-state index in [9.17, 15) is 9.59 Å². The molecule has 0 bridgehead atoms. The largest absolute Gasteiger partial charge is 0.493 e. The van der Waals surface area contributed by atoms with Crippen molar-refractivity contribution in [3.63, 3.8) is 0 Å². The number of benzene rings is 4. The zero-order valence-electron chi connectivity index (χ0n) is 21.2. The zero-order chi connectivity index (χ0) is 27.1.